The van der Waals surface area contributed by atoms with Crippen LogP contribution in [-0.4, -0.2) is 47.5 Å². The van der Waals surface area contributed by atoms with E-state index in [2.05, 4.69) is 27.5 Å². The Kier molecular flexibility index (Phi) is 4.77. The van der Waals surface area contributed by atoms with Gasteiger partial charge in [0, 0.05) is 38.6 Å². The lowest BCUT2D eigenvalue weighted by Gasteiger charge is -2.22. The average molecular weight is 280 g/mol. The summed E-state index contributed by atoms with van der Waals surface area (Å²) in [6.45, 7) is 5.52. The summed E-state index contributed by atoms with van der Waals surface area (Å²) >= 11 is 0. The number of anilines is 2. The summed E-state index contributed by atoms with van der Waals surface area (Å²) in [7, 11) is 1.85. The highest BCUT2D eigenvalue weighted by Gasteiger charge is 2.32. The average Bonchev–Trinajstić information content (AvgIpc) is 2.86. The smallest absolute Gasteiger partial charge is 0.134 e. The number of nitrogens with one attached hydrogen (secondary N) is 2. The quantitative estimate of drug-likeness (QED) is 0.730. The van der Waals surface area contributed by atoms with Gasteiger partial charge in [0.2, 0.25) is 0 Å². The van der Waals surface area contributed by atoms with Crippen molar-refractivity contribution in [2.45, 2.75) is 38.7 Å². The van der Waals surface area contributed by atoms with Gasteiger partial charge in [-0.25, -0.2) is 9.97 Å². The molecule has 1 fully saturated rings. The van der Waals surface area contributed by atoms with Crippen molar-refractivity contribution in [1.29, 1.82) is 0 Å². The first-order valence-electron chi connectivity index (χ1n) is 7.17. The van der Waals surface area contributed by atoms with E-state index in [0.717, 1.165) is 35.9 Å². The second-order valence-corrected chi connectivity index (χ2v) is 5.34. The van der Waals surface area contributed by atoms with E-state index in [0.29, 0.717) is 26.2 Å². The first-order chi connectivity index (χ1) is 9.58. The monoisotopic (exact) mass is 280 g/mol. The Morgan fingerprint density at radius 3 is 2.70 bits per heavy atom. The fourth-order valence-corrected chi connectivity index (χ4v) is 2.30. The topological polar surface area (TPSA) is 79.3 Å². The number of hydrogen-bond donors (Lipinski definition) is 3. The molecule has 0 radical (unpaired) electrons. The number of ether oxygens (including phenoxy) is 1. The van der Waals surface area contributed by atoms with E-state index in [1.54, 1.807) is 0 Å². The minimum absolute atomic E-state index is 0.380. The third-order valence-electron chi connectivity index (χ3n) is 3.57. The van der Waals surface area contributed by atoms with E-state index in [1.165, 1.54) is 0 Å². The summed E-state index contributed by atoms with van der Waals surface area (Å²) in [5.41, 5.74) is 0.178. The van der Waals surface area contributed by atoms with E-state index in [9.17, 15) is 5.11 Å². The van der Waals surface area contributed by atoms with E-state index < -0.39 is 5.60 Å². The number of nitrogens with zero attached hydrogens (tertiary/aromatic N) is 2. The second kappa shape index (κ2) is 6.37. The van der Waals surface area contributed by atoms with Gasteiger partial charge in [-0.05, 0) is 13.3 Å². The molecule has 3 N–H and O–H groups in total. The molecule has 1 atom stereocenters. The van der Waals surface area contributed by atoms with Crippen molar-refractivity contribution in [1.82, 2.24) is 9.97 Å². The van der Waals surface area contributed by atoms with Crippen LogP contribution in [0, 0.1) is 6.92 Å². The molecule has 6 nitrogen and oxygen atoms in total. The normalized spacial score (nSPS) is 22.0. The maximum atomic E-state index is 10.3. The van der Waals surface area contributed by atoms with Crippen LogP contribution in [0.3, 0.4) is 0 Å². The first-order valence-corrected chi connectivity index (χ1v) is 7.17. The Morgan fingerprint density at radius 2 is 2.10 bits per heavy atom. The van der Waals surface area contributed by atoms with Crippen molar-refractivity contribution in [3.63, 3.8) is 0 Å². The molecule has 1 saturated heterocycles. The predicted octanol–water partition coefficient (Wildman–Crippen LogP) is 1.34. The van der Waals surface area contributed by atoms with Crippen molar-refractivity contribution >= 4 is 11.6 Å². The molecule has 0 spiro atoms. The summed E-state index contributed by atoms with van der Waals surface area (Å²) in [5.74, 6) is 2.44. The number of hydrogen-bond acceptors (Lipinski definition) is 6. The third kappa shape index (κ3) is 3.37. The van der Waals surface area contributed by atoms with E-state index in [4.69, 9.17) is 4.74 Å². The van der Waals surface area contributed by atoms with Crippen LogP contribution in [-0.2, 0) is 11.2 Å². The van der Waals surface area contributed by atoms with Crippen molar-refractivity contribution in [2.75, 3.05) is 37.4 Å². The molecule has 112 valence electrons. The van der Waals surface area contributed by atoms with Crippen LogP contribution in [0.5, 0.6) is 0 Å². The molecule has 1 aromatic rings. The van der Waals surface area contributed by atoms with Gasteiger partial charge in [0.15, 0.2) is 0 Å². The van der Waals surface area contributed by atoms with Crippen LogP contribution in [0.1, 0.15) is 31.2 Å². The van der Waals surface area contributed by atoms with E-state index in [-0.39, 0.29) is 0 Å². The van der Waals surface area contributed by atoms with Crippen LogP contribution >= 0.6 is 0 Å². The molecule has 2 heterocycles. The Labute approximate surface area is 120 Å². The summed E-state index contributed by atoms with van der Waals surface area (Å²) in [5, 5.41) is 16.6. The molecular weight excluding hydrogens is 256 g/mol. The van der Waals surface area contributed by atoms with Gasteiger partial charge in [-0.3, -0.25) is 0 Å². The highest BCUT2D eigenvalue weighted by molar-refractivity contribution is 5.57. The molecule has 1 aliphatic heterocycles. The van der Waals surface area contributed by atoms with Crippen molar-refractivity contribution in [3.8, 4) is 0 Å². The van der Waals surface area contributed by atoms with Gasteiger partial charge in [-0.15, -0.1) is 0 Å². The van der Waals surface area contributed by atoms with Crippen LogP contribution in [0.15, 0.2) is 0 Å². The van der Waals surface area contributed by atoms with Crippen molar-refractivity contribution < 1.29 is 9.84 Å². The first kappa shape index (κ1) is 15.0. The van der Waals surface area contributed by atoms with Crippen LogP contribution in [0.4, 0.5) is 11.6 Å². The Hall–Kier alpha value is -1.40. The van der Waals surface area contributed by atoms with Crippen molar-refractivity contribution in [2.24, 2.45) is 0 Å². The lowest BCUT2D eigenvalue weighted by atomic mass is 10.0. The van der Waals surface area contributed by atoms with Crippen LogP contribution in [0.2, 0.25) is 0 Å². The lowest BCUT2D eigenvalue weighted by Crippen LogP contribution is -2.37. The van der Waals surface area contributed by atoms with Gasteiger partial charge in [-0.1, -0.05) is 6.92 Å². The molecule has 1 aromatic heterocycles. The molecule has 0 aliphatic carbocycles. The fourth-order valence-electron chi connectivity index (χ4n) is 2.30. The van der Waals surface area contributed by atoms with E-state index >= 15 is 0 Å². The molecule has 2 rings (SSSR count). The van der Waals surface area contributed by atoms with Gasteiger partial charge < -0.3 is 20.5 Å². The Morgan fingerprint density at radius 1 is 1.35 bits per heavy atom. The fraction of sp³-hybridized carbons (Fsp3) is 0.714. The molecule has 20 heavy (non-hydrogen) atoms. The number of aromatic nitrogens is 2. The van der Waals surface area contributed by atoms with Gasteiger partial charge in [0.1, 0.15) is 23.1 Å². The predicted molar refractivity (Wildman–Crippen MR) is 79.2 cm³/mol. The summed E-state index contributed by atoms with van der Waals surface area (Å²) in [6, 6.07) is 0. The number of rotatable bonds is 6. The van der Waals surface area contributed by atoms with Gasteiger partial charge >= 0.3 is 0 Å². The Bertz CT molecular complexity index is 459. The maximum absolute atomic E-state index is 10.3. The highest BCUT2D eigenvalue weighted by atomic mass is 16.5. The summed E-state index contributed by atoms with van der Waals surface area (Å²) in [6.07, 6.45) is 2.51. The molecule has 0 saturated carbocycles. The number of aliphatic hydroxyl groups is 1. The number of aryl methyl sites for hydroxylation is 1. The van der Waals surface area contributed by atoms with Gasteiger partial charge in [-0.2, -0.15) is 0 Å². The molecule has 0 bridgehead atoms. The maximum Gasteiger partial charge on any atom is 0.134 e. The summed E-state index contributed by atoms with van der Waals surface area (Å²) < 4.78 is 5.25. The molecule has 0 aromatic carbocycles. The lowest BCUT2D eigenvalue weighted by molar-refractivity contribution is 0.0381. The van der Waals surface area contributed by atoms with Crippen molar-refractivity contribution in [3.05, 3.63) is 11.4 Å². The third-order valence-corrected chi connectivity index (χ3v) is 3.57. The Balaban J connectivity index is 2.14. The minimum Gasteiger partial charge on any atom is -0.386 e. The van der Waals surface area contributed by atoms with Crippen LogP contribution < -0.4 is 10.6 Å². The zero-order chi connectivity index (χ0) is 14.6. The van der Waals surface area contributed by atoms with E-state index in [1.807, 2.05) is 14.0 Å². The zero-order valence-electron chi connectivity index (χ0n) is 12.5. The second-order valence-electron chi connectivity index (χ2n) is 5.34. The SMILES string of the molecule is CCCc1nc(NC)c(C)c(NCC2(O)CCOC2)n1. The molecule has 0 amide bonds. The van der Waals surface area contributed by atoms with Gasteiger partial charge in [0.05, 0.1) is 6.61 Å². The molecule has 1 aliphatic rings. The molecule has 6 heteroatoms. The zero-order valence-corrected chi connectivity index (χ0v) is 12.5. The summed E-state index contributed by atoms with van der Waals surface area (Å²) in [4.78, 5) is 9.04. The highest BCUT2D eigenvalue weighted by Crippen LogP contribution is 2.23. The van der Waals surface area contributed by atoms with Crippen LogP contribution in [0.25, 0.3) is 0 Å². The largest absolute Gasteiger partial charge is 0.386 e. The standard InChI is InChI=1S/C14H24N4O2/c1-4-5-11-17-12(15-3)10(2)13(18-11)16-8-14(19)6-7-20-9-14/h19H,4-9H2,1-3H3,(H2,15,16,17,18). The molecular formula is C14H24N4O2. The van der Waals surface area contributed by atoms with Gasteiger partial charge in [0.25, 0.3) is 0 Å². The minimum atomic E-state index is -0.790. The molecule has 1 unspecified atom stereocenters.